The molecule has 1 saturated heterocycles. The van der Waals surface area contributed by atoms with Gasteiger partial charge in [0.1, 0.15) is 0 Å². The van der Waals surface area contributed by atoms with E-state index in [2.05, 4.69) is 5.16 Å². The van der Waals surface area contributed by atoms with Gasteiger partial charge in [-0.1, -0.05) is 16.8 Å². The van der Waals surface area contributed by atoms with Gasteiger partial charge in [-0.15, -0.1) is 0 Å². The number of halogens is 1. The van der Waals surface area contributed by atoms with Gasteiger partial charge in [0.05, 0.1) is 6.10 Å². The Balaban J connectivity index is 2.04. The Morgan fingerprint density at radius 2 is 2.10 bits per heavy atom. The molecule has 1 aliphatic heterocycles. The number of nitrogens with zero attached hydrogens (tertiary/aromatic N) is 2. The fraction of sp³-hybridized carbons (Fsp3) is 0.286. The van der Waals surface area contributed by atoms with E-state index in [9.17, 15) is 15.0 Å². The number of β-amino-alcohol motifs (C(OH)–C–C–N with tert-alkyl or cyclic N) is 1. The molecule has 0 amide bonds. The molecule has 6 nitrogen and oxygen atoms in total. The van der Waals surface area contributed by atoms with Gasteiger partial charge in [-0.3, -0.25) is 0 Å². The number of aromatic carboxylic acids is 1. The first-order valence-corrected chi connectivity index (χ1v) is 6.86. The molecule has 7 heteroatoms. The molecular formula is C14H13ClN2O4. The molecule has 0 unspecified atom stereocenters. The zero-order valence-corrected chi connectivity index (χ0v) is 11.7. The number of carbonyl (C=O) groups is 1. The molecule has 0 bridgehead atoms. The van der Waals surface area contributed by atoms with Gasteiger partial charge in [0, 0.05) is 23.7 Å². The molecule has 21 heavy (non-hydrogen) atoms. The second-order valence-electron chi connectivity index (χ2n) is 4.91. The third kappa shape index (κ3) is 2.59. The van der Waals surface area contributed by atoms with Crippen LogP contribution in [0.1, 0.15) is 16.8 Å². The molecule has 0 saturated carbocycles. The summed E-state index contributed by atoms with van der Waals surface area (Å²) in [4.78, 5) is 13.3. The molecule has 2 aromatic rings. The van der Waals surface area contributed by atoms with Gasteiger partial charge < -0.3 is 19.6 Å². The standard InChI is InChI=1S/C14H13ClN2O4/c15-9-3-1-8(2-4-9)12-11(14(19)20)13(16-21-12)17-6-5-10(18)7-17/h1-4,10,18H,5-7H2,(H,19,20)/t10-/m1/s1. The molecule has 2 N–H and O–H groups in total. The highest BCUT2D eigenvalue weighted by molar-refractivity contribution is 6.30. The number of aliphatic hydroxyl groups excluding tert-OH is 1. The summed E-state index contributed by atoms with van der Waals surface area (Å²) < 4.78 is 5.23. The van der Waals surface area contributed by atoms with Gasteiger partial charge in [-0.2, -0.15) is 0 Å². The van der Waals surface area contributed by atoms with Gasteiger partial charge in [0.15, 0.2) is 17.1 Å². The number of aliphatic hydroxyl groups is 1. The number of rotatable bonds is 3. The highest BCUT2D eigenvalue weighted by Crippen LogP contribution is 2.33. The molecule has 1 aliphatic rings. The molecule has 1 fully saturated rings. The van der Waals surface area contributed by atoms with Crippen LogP contribution in [0, 0.1) is 0 Å². The summed E-state index contributed by atoms with van der Waals surface area (Å²) >= 11 is 5.83. The SMILES string of the molecule is O=C(O)c1c(N2CC[C@@H](O)C2)noc1-c1ccc(Cl)cc1. The highest BCUT2D eigenvalue weighted by Gasteiger charge is 2.31. The van der Waals surface area contributed by atoms with Gasteiger partial charge in [-0.25, -0.2) is 4.79 Å². The van der Waals surface area contributed by atoms with E-state index in [4.69, 9.17) is 16.1 Å². The number of hydrogen-bond acceptors (Lipinski definition) is 5. The maximum absolute atomic E-state index is 11.6. The van der Waals surface area contributed by atoms with Gasteiger partial charge in [-0.05, 0) is 30.7 Å². The smallest absolute Gasteiger partial charge is 0.343 e. The number of hydrogen-bond donors (Lipinski definition) is 2. The Hall–Kier alpha value is -2.05. The minimum Gasteiger partial charge on any atom is -0.477 e. The van der Waals surface area contributed by atoms with Crippen molar-refractivity contribution >= 4 is 23.4 Å². The minimum atomic E-state index is -1.11. The summed E-state index contributed by atoms with van der Waals surface area (Å²) in [6.07, 6.45) is 0.115. The summed E-state index contributed by atoms with van der Waals surface area (Å²) in [6, 6.07) is 6.67. The molecule has 1 aromatic carbocycles. The van der Waals surface area contributed by atoms with Crippen LogP contribution in [0.3, 0.4) is 0 Å². The lowest BCUT2D eigenvalue weighted by atomic mass is 10.1. The molecule has 0 aliphatic carbocycles. The van der Waals surface area contributed by atoms with Crippen molar-refractivity contribution in [1.29, 1.82) is 0 Å². The van der Waals surface area contributed by atoms with Crippen molar-refractivity contribution in [3.8, 4) is 11.3 Å². The number of aromatic nitrogens is 1. The maximum atomic E-state index is 11.6. The van der Waals surface area contributed by atoms with Crippen molar-refractivity contribution in [2.75, 3.05) is 18.0 Å². The quantitative estimate of drug-likeness (QED) is 0.904. The summed E-state index contributed by atoms with van der Waals surface area (Å²) in [5, 5.41) is 23.5. The van der Waals surface area contributed by atoms with Crippen molar-refractivity contribution in [3.05, 3.63) is 34.9 Å². The van der Waals surface area contributed by atoms with Gasteiger partial charge in [0.2, 0.25) is 0 Å². The highest BCUT2D eigenvalue weighted by atomic mass is 35.5. The number of carboxylic acid groups (broad SMARTS) is 1. The van der Waals surface area contributed by atoms with Crippen LogP contribution in [0.4, 0.5) is 5.82 Å². The van der Waals surface area contributed by atoms with Crippen molar-refractivity contribution in [3.63, 3.8) is 0 Å². The van der Waals surface area contributed by atoms with E-state index in [1.807, 2.05) is 0 Å². The first kappa shape index (κ1) is 13.9. The van der Waals surface area contributed by atoms with Crippen molar-refractivity contribution in [2.45, 2.75) is 12.5 Å². The van der Waals surface area contributed by atoms with Gasteiger partial charge >= 0.3 is 5.97 Å². The van der Waals surface area contributed by atoms with E-state index in [0.29, 0.717) is 30.1 Å². The van der Waals surface area contributed by atoms with E-state index < -0.39 is 12.1 Å². The first-order chi connectivity index (χ1) is 10.1. The zero-order valence-electron chi connectivity index (χ0n) is 11.0. The Kier molecular flexibility index (Phi) is 3.57. The number of anilines is 1. The fourth-order valence-electron chi connectivity index (χ4n) is 2.42. The Labute approximate surface area is 125 Å². The average molecular weight is 309 g/mol. The average Bonchev–Trinajstić information content (AvgIpc) is 3.05. The number of benzene rings is 1. The fourth-order valence-corrected chi connectivity index (χ4v) is 2.55. The summed E-state index contributed by atoms with van der Waals surface area (Å²) in [5.74, 6) is -0.669. The van der Waals surface area contributed by atoms with Crippen molar-refractivity contribution < 1.29 is 19.5 Å². The van der Waals surface area contributed by atoms with E-state index in [1.165, 1.54) is 0 Å². The van der Waals surface area contributed by atoms with Crippen LogP contribution in [0.5, 0.6) is 0 Å². The van der Waals surface area contributed by atoms with Gasteiger partial charge in [0.25, 0.3) is 0 Å². The van der Waals surface area contributed by atoms with Crippen molar-refractivity contribution in [2.24, 2.45) is 0 Å². The Morgan fingerprint density at radius 1 is 1.38 bits per heavy atom. The number of carboxylic acids is 1. The van der Waals surface area contributed by atoms with Crippen LogP contribution in [0.2, 0.25) is 5.02 Å². The molecule has 0 radical (unpaired) electrons. The minimum absolute atomic E-state index is 0.00595. The molecule has 1 atom stereocenters. The largest absolute Gasteiger partial charge is 0.477 e. The molecular weight excluding hydrogens is 296 g/mol. The van der Waals surface area contributed by atoms with Crippen LogP contribution in [-0.2, 0) is 0 Å². The molecule has 0 spiro atoms. The summed E-state index contributed by atoms with van der Waals surface area (Å²) in [6.45, 7) is 0.904. The Morgan fingerprint density at radius 3 is 2.67 bits per heavy atom. The predicted molar refractivity (Wildman–Crippen MR) is 76.7 cm³/mol. The normalized spacial score (nSPS) is 18.2. The maximum Gasteiger partial charge on any atom is 0.343 e. The van der Waals surface area contributed by atoms with E-state index in [1.54, 1.807) is 29.2 Å². The van der Waals surface area contributed by atoms with Crippen LogP contribution in [-0.4, -0.2) is 40.5 Å². The Bertz CT molecular complexity index is 668. The zero-order chi connectivity index (χ0) is 15.0. The summed E-state index contributed by atoms with van der Waals surface area (Å²) in [5.41, 5.74) is 0.599. The molecule has 1 aromatic heterocycles. The molecule has 110 valence electrons. The monoisotopic (exact) mass is 308 g/mol. The summed E-state index contributed by atoms with van der Waals surface area (Å²) in [7, 11) is 0. The van der Waals surface area contributed by atoms with Crippen LogP contribution < -0.4 is 4.90 Å². The lowest BCUT2D eigenvalue weighted by Crippen LogP contribution is -2.23. The van der Waals surface area contributed by atoms with E-state index >= 15 is 0 Å². The van der Waals surface area contributed by atoms with Crippen LogP contribution >= 0.6 is 11.6 Å². The first-order valence-electron chi connectivity index (χ1n) is 6.48. The molecule has 2 heterocycles. The van der Waals surface area contributed by atoms with Crippen LogP contribution in [0.15, 0.2) is 28.8 Å². The third-order valence-electron chi connectivity index (χ3n) is 3.46. The second-order valence-corrected chi connectivity index (χ2v) is 5.35. The lowest BCUT2D eigenvalue weighted by Gasteiger charge is -2.14. The van der Waals surface area contributed by atoms with E-state index in [0.717, 1.165) is 0 Å². The third-order valence-corrected chi connectivity index (χ3v) is 3.71. The van der Waals surface area contributed by atoms with E-state index in [-0.39, 0.29) is 17.1 Å². The predicted octanol–water partition coefficient (Wildman–Crippen LogP) is 2.26. The topological polar surface area (TPSA) is 86.8 Å². The van der Waals surface area contributed by atoms with Crippen molar-refractivity contribution in [1.82, 2.24) is 5.16 Å². The molecule has 3 rings (SSSR count). The van der Waals surface area contributed by atoms with Crippen LogP contribution in [0.25, 0.3) is 11.3 Å². The second kappa shape index (κ2) is 5.38. The lowest BCUT2D eigenvalue weighted by molar-refractivity contribution is 0.0697.